The van der Waals surface area contributed by atoms with Gasteiger partial charge in [-0.25, -0.2) is 0 Å². The molecule has 2 aromatic carbocycles. The quantitative estimate of drug-likeness (QED) is 0.622. The fourth-order valence-corrected chi connectivity index (χ4v) is 4.29. The molecule has 0 saturated carbocycles. The van der Waals surface area contributed by atoms with Crippen molar-refractivity contribution in [3.8, 4) is 0 Å². The Morgan fingerprint density at radius 1 is 1.13 bits per heavy atom. The van der Waals surface area contributed by atoms with Crippen molar-refractivity contribution in [3.63, 3.8) is 0 Å². The molecule has 31 heavy (non-hydrogen) atoms. The molecular formula is C25H26ClNO4. The molecule has 0 bridgehead atoms. The number of hydrogen-bond acceptors (Lipinski definition) is 4. The van der Waals surface area contributed by atoms with E-state index in [1.807, 2.05) is 31.2 Å². The van der Waals surface area contributed by atoms with Crippen molar-refractivity contribution in [1.29, 1.82) is 0 Å². The molecule has 1 amide bonds. The Morgan fingerprint density at radius 3 is 2.42 bits per heavy atom. The number of halogens is 1. The Labute approximate surface area is 186 Å². The van der Waals surface area contributed by atoms with Gasteiger partial charge in [0.25, 0.3) is 5.91 Å². The van der Waals surface area contributed by atoms with Crippen LogP contribution < -0.4 is 5.43 Å². The zero-order valence-electron chi connectivity index (χ0n) is 18.2. The maximum Gasteiger partial charge on any atom is 0.290 e. The lowest BCUT2D eigenvalue weighted by molar-refractivity contribution is 0.0716. The summed E-state index contributed by atoms with van der Waals surface area (Å²) in [6.07, 6.45) is 0.412. The molecule has 3 aromatic rings. The predicted octanol–water partition coefficient (Wildman–Crippen LogP) is 4.98. The lowest BCUT2D eigenvalue weighted by atomic mass is 9.86. The second kappa shape index (κ2) is 7.81. The van der Waals surface area contributed by atoms with Gasteiger partial charge in [-0.3, -0.25) is 9.59 Å². The SMILES string of the molecule is Cc1cc2oc3c(c(=O)c2cc1Cl)[C@@H](c1ccc(C(C)(C)C)cc1)N(CCCO)C3=O. The molecule has 5 nitrogen and oxygen atoms in total. The molecule has 0 radical (unpaired) electrons. The molecule has 1 N–H and O–H groups in total. The van der Waals surface area contributed by atoms with E-state index in [2.05, 4.69) is 20.8 Å². The number of carbonyl (C=O) groups is 1. The van der Waals surface area contributed by atoms with Gasteiger partial charge in [0.2, 0.25) is 5.76 Å². The van der Waals surface area contributed by atoms with Crippen LogP contribution in [0.25, 0.3) is 11.0 Å². The molecular weight excluding hydrogens is 414 g/mol. The molecule has 1 aliphatic heterocycles. The summed E-state index contributed by atoms with van der Waals surface area (Å²) < 4.78 is 5.96. The highest BCUT2D eigenvalue weighted by Crippen LogP contribution is 2.39. The molecule has 1 aliphatic rings. The van der Waals surface area contributed by atoms with Crippen molar-refractivity contribution in [3.05, 3.63) is 79.7 Å². The highest BCUT2D eigenvalue weighted by atomic mass is 35.5. The molecule has 0 aliphatic carbocycles. The van der Waals surface area contributed by atoms with Gasteiger partial charge in [-0.05, 0) is 47.6 Å². The van der Waals surface area contributed by atoms with Crippen molar-refractivity contribution in [2.45, 2.75) is 45.6 Å². The minimum absolute atomic E-state index is 0.0116. The van der Waals surface area contributed by atoms with Gasteiger partial charge in [0.05, 0.1) is 17.0 Å². The lowest BCUT2D eigenvalue weighted by Gasteiger charge is -2.26. The summed E-state index contributed by atoms with van der Waals surface area (Å²) >= 11 is 6.26. The van der Waals surface area contributed by atoms with Gasteiger partial charge in [0.15, 0.2) is 5.43 Å². The van der Waals surface area contributed by atoms with Crippen molar-refractivity contribution in [2.75, 3.05) is 13.2 Å². The highest BCUT2D eigenvalue weighted by molar-refractivity contribution is 6.32. The smallest absolute Gasteiger partial charge is 0.290 e. The van der Waals surface area contributed by atoms with Gasteiger partial charge in [-0.15, -0.1) is 0 Å². The number of rotatable bonds is 4. The van der Waals surface area contributed by atoms with E-state index in [-0.39, 0.29) is 29.1 Å². The van der Waals surface area contributed by atoms with Crippen LogP contribution >= 0.6 is 11.6 Å². The first-order valence-corrected chi connectivity index (χ1v) is 10.8. The topological polar surface area (TPSA) is 70.8 Å². The molecule has 6 heteroatoms. The third kappa shape index (κ3) is 3.66. The minimum Gasteiger partial charge on any atom is -0.450 e. The fraction of sp³-hybridized carbons (Fsp3) is 0.360. The monoisotopic (exact) mass is 439 g/mol. The fourth-order valence-electron chi connectivity index (χ4n) is 4.12. The maximum absolute atomic E-state index is 13.5. The van der Waals surface area contributed by atoms with E-state index >= 15 is 0 Å². The summed E-state index contributed by atoms with van der Waals surface area (Å²) in [5.74, 6) is -0.262. The second-order valence-corrected chi connectivity index (χ2v) is 9.53. The van der Waals surface area contributed by atoms with Gasteiger partial charge in [-0.2, -0.15) is 0 Å². The highest BCUT2D eigenvalue weighted by Gasteiger charge is 2.42. The Hall–Kier alpha value is -2.63. The van der Waals surface area contributed by atoms with E-state index in [9.17, 15) is 14.7 Å². The van der Waals surface area contributed by atoms with Crippen LogP contribution in [0.3, 0.4) is 0 Å². The van der Waals surface area contributed by atoms with Crippen LogP contribution in [0.15, 0.2) is 45.6 Å². The zero-order chi connectivity index (χ0) is 22.5. The van der Waals surface area contributed by atoms with Crippen LogP contribution in [-0.4, -0.2) is 29.1 Å². The Balaban J connectivity index is 1.93. The molecule has 2 heterocycles. The van der Waals surface area contributed by atoms with Crippen molar-refractivity contribution < 1.29 is 14.3 Å². The normalized spacial score (nSPS) is 16.3. The Kier molecular flexibility index (Phi) is 5.44. The number of fused-ring (bicyclic) bond motifs is 2. The van der Waals surface area contributed by atoms with Gasteiger partial charge >= 0.3 is 0 Å². The lowest BCUT2D eigenvalue weighted by Crippen LogP contribution is -2.31. The number of amides is 1. The number of nitrogens with zero attached hydrogens (tertiary/aromatic N) is 1. The molecule has 0 fully saturated rings. The summed E-state index contributed by atoms with van der Waals surface area (Å²) in [4.78, 5) is 28.4. The van der Waals surface area contributed by atoms with E-state index in [1.165, 1.54) is 0 Å². The molecule has 0 saturated heterocycles. The summed E-state index contributed by atoms with van der Waals surface area (Å²) in [6, 6.07) is 10.7. The Bertz CT molecular complexity index is 1220. The van der Waals surface area contributed by atoms with Gasteiger partial charge in [0, 0.05) is 18.2 Å². The van der Waals surface area contributed by atoms with Crippen LogP contribution in [-0.2, 0) is 5.41 Å². The molecule has 0 unspecified atom stereocenters. The number of carbonyl (C=O) groups excluding carboxylic acids is 1. The van der Waals surface area contributed by atoms with Crippen LogP contribution in [0.1, 0.15) is 66.0 Å². The van der Waals surface area contributed by atoms with Crippen molar-refractivity contribution in [2.24, 2.45) is 0 Å². The third-order valence-corrected chi connectivity index (χ3v) is 6.30. The molecule has 162 valence electrons. The standard InChI is InChI=1S/C25H26ClNO4/c1-14-12-19-17(13-18(14)26)22(29)20-21(15-6-8-16(9-7-15)25(2,3)4)27(10-5-11-28)24(30)23(20)31-19/h6-9,12-13,21,28H,5,10-11H2,1-4H3/t21-/m1/s1. The predicted molar refractivity (Wildman–Crippen MR) is 122 cm³/mol. The van der Waals surface area contributed by atoms with Gasteiger partial charge < -0.3 is 14.4 Å². The summed E-state index contributed by atoms with van der Waals surface area (Å²) in [6.45, 7) is 8.50. The molecule has 1 atom stereocenters. The van der Waals surface area contributed by atoms with E-state index in [0.29, 0.717) is 34.5 Å². The van der Waals surface area contributed by atoms with Gasteiger partial charge in [0.1, 0.15) is 5.58 Å². The number of aliphatic hydroxyl groups is 1. The molecule has 0 spiro atoms. The van der Waals surface area contributed by atoms with Crippen molar-refractivity contribution in [1.82, 2.24) is 4.90 Å². The second-order valence-electron chi connectivity index (χ2n) is 9.12. The maximum atomic E-state index is 13.5. The van der Waals surface area contributed by atoms with E-state index < -0.39 is 6.04 Å². The first-order chi connectivity index (χ1) is 14.6. The first kappa shape index (κ1) is 21.6. The molecule has 4 rings (SSSR count). The summed E-state index contributed by atoms with van der Waals surface area (Å²) in [7, 11) is 0. The van der Waals surface area contributed by atoms with E-state index in [4.69, 9.17) is 16.0 Å². The number of hydrogen-bond donors (Lipinski definition) is 1. The van der Waals surface area contributed by atoms with E-state index in [0.717, 1.165) is 16.7 Å². The van der Waals surface area contributed by atoms with E-state index in [1.54, 1.807) is 17.0 Å². The molecule has 1 aromatic heterocycles. The number of aryl methyl sites for hydroxylation is 1. The number of benzene rings is 2. The average Bonchev–Trinajstić information content (AvgIpc) is 2.99. The number of aliphatic hydroxyl groups excluding tert-OH is 1. The summed E-state index contributed by atoms with van der Waals surface area (Å²) in [5, 5.41) is 10.2. The van der Waals surface area contributed by atoms with Crippen molar-refractivity contribution >= 4 is 28.5 Å². The van der Waals surface area contributed by atoms with Crippen LogP contribution in [0.5, 0.6) is 0 Å². The zero-order valence-corrected chi connectivity index (χ0v) is 18.9. The van der Waals surface area contributed by atoms with Crippen LogP contribution in [0.4, 0.5) is 0 Å². The average molecular weight is 440 g/mol. The minimum atomic E-state index is -0.566. The van der Waals surface area contributed by atoms with Gasteiger partial charge in [-0.1, -0.05) is 56.6 Å². The Morgan fingerprint density at radius 2 is 1.81 bits per heavy atom. The summed E-state index contributed by atoms with van der Waals surface area (Å²) in [5.41, 5.74) is 3.20. The van der Waals surface area contributed by atoms with Crippen LogP contribution in [0, 0.1) is 6.92 Å². The van der Waals surface area contributed by atoms with Crippen LogP contribution in [0.2, 0.25) is 5.02 Å². The largest absolute Gasteiger partial charge is 0.450 e. The first-order valence-electron chi connectivity index (χ1n) is 10.4. The third-order valence-electron chi connectivity index (χ3n) is 5.90.